The molecule has 0 aliphatic carbocycles. The summed E-state index contributed by atoms with van der Waals surface area (Å²) in [5.41, 5.74) is 1.05. The van der Waals surface area contributed by atoms with Crippen LogP contribution >= 0.6 is 0 Å². The highest BCUT2D eigenvalue weighted by molar-refractivity contribution is 5.89. The van der Waals surface area contributed by atoms with Crippen LogP contribution < -0.4 is 5.32 Å². The van der Waals surface area contributed by atoms with Crippen LogP contribution in [0.1, 0.15) is 41.3 Å². The van der Waals surface area contributed by atoms with Gasteiger partial charge in [-0.05, 0) is 37.7 Å². The van der Waals surface area contributed by atoms with Gasteiger partial charge in [0.1, 0.15) is 6.54 Å². The van der Waals surface area contributed by atoms with Gasteiger partial charge in [0.05, 0.1) is 6.20 Å². The minimum Gasteiger partial charge on any atom is -0.381 e. The van der Waals surface area contributed by atoms with E-state index in [1.54, 1.807) is 10.9 Å². The second-order valence-electron chi connectivity index (χ2n) is 5.85. The van der Waals surface area contributed by atoms with E-state index >= 15 is 0 Å². The van der Waals surface area contributed by atoms with Gasteiger partial charge >= 0.3 is 11.8 Å². The summed E-state index contributed by atoms with van der Waals surface area (Å²) >= 11 is 0. The van der Waals surface area contributed by atoms with Gasteiger partial charge in [-0.2, -0.15) is 10.1 Å². The normalized spacial score (nSPS) is 18.6. The summed E-state index contributed by atoms with van der Waals surface area (Å²) in [6, 6.07) is 0. The van der Waals surface area contributed by atoms with E-state index in [-0.39, 0.29) is 11.8 Å². The zero-order chi connectivity index (χ0) is 16.1. The number of aryl methyl sites for hydroxylation is 1. The average Bonchev–Trinajstić information content (AvgIpc) is 3.08. The van der Waals surface area contributed by atoms with Crippen LogP contribution in [0.4, 0.5) is 0 Å². The van der Waals surface area contributed by atoms with Crippen molar-refractivity contribution in [1.82, 2.24) is 25.2 Å². The fourth-order valence-electron chi connectivity index (χ4n) is 2.60. The molecule has 3 rings (SSSR count). The smallest absolute Gasteiger partial charge is 0.316 e. The molecule has 0 bridgehead atoms. The van der Waals surface area contributed by atoms with Gasteiger partial charge in [-0.1, -0.05) is 5.16 Å². The van der Waals surface area contributed by atoms with Crippen LogP contribution in [0.15, 0.2) is 16.9 Å². The molecule has 0 saturated carbocycles. The van der Waals surface area contributed by atoms with Crippen LogP contribution in [0.25, 0.3) is 0 Å². The molecule has 124 valence electrons. The van der Waals surface area contributed by atoms with Gasteiger partial charge in [0.15, 0.2) is 5.82 Å². The lowest BCUT2D eigenvalue weighted by Gasteiger charge is -2.12. The fraction of sp³-hybridized carbons (Fsp3) is 0.600. The van der Waals surface area contributed by atoms with E-state index in [0.717, 1.165) is 38.0 Å². The maximum atomic E-state index is 12.1. The van der Waals surface area contributed by atoms with Gasteiger partial charge < -0.3 is 14.6 Å². The number of nitrogens with zero attached hydrogens (tertiary/aromatic N) is 4. The van der Waals surface area contributed by atoms with Crippen molar-refractivity contribution < 1.29 is 14.1 Å². The van der Waals surface area contributed by atoms with Crippen LogP contribution in [0.5, 0.6) is 0 Å². The van der Waals surface area contributed by atoms with Gasteiger partial charge in [-0.15, -0.1) is 0 Å². The second-order valence-corrected chi connectivity index (χ2v) is 5.85. The number of carbonyl (C=O) groups is 1. The predicted molar refractivity (Wildman–Crippen MR) is 80.9 cm³/mol. The van der Waals surface area contributed by atoms with E-state index in [4.69, 9.17) is 9.26 Å². The Morgan fingerprint density at radius 2 is 2.35 bits per heavy atom. The summed E-state index contributed by atoms with van der Waals surface area (Å²) in [6.07, 6.45) is 6.70. The van der Waals surface area contributed by atoms with Crippen molar-refractivity contribution in [1.29, 1.82) is 0 Å². The maximum absolute atomic E-state index is 12.1. The van der Waals surface area contributed by atoms with Gasteiger partial charge in [0.25, 0.3) is 0 Å². The highest BCUT2D eigenvalue weighted by Gasteiger charge is 2.18. The minimum absolute atomic E-state index is 0.00579. The van der Waals surface area contributed by atoms with Crippen molar-refractivity contribution >= 4 is 5.91 Å². The lowest BCUT2D eigenvalue weighted by Crippen LogP contribution is -2.29. The lowest BCUT2D eigenvalue weighted by molar-refractivity contribution is 0.0900. The molecule has 1 aliphatic heterocycles. The zero-order valence-electron chi connectivity index (χ0n) is 13.2. The first-order valence-electron chi connectivity index (χ1n) is 7.88. The number of rotatable bonds is 5. The Morgan fingerprint density at radius 3 is 3.17 bits per heavy atom. The summed E-state index contributed by atoms with van der Waals surface area (Å²) in [4.78, 5) is 16.2. The topological polar surface area (TPSA) is 95.1 Å². The van der Waals surface area contributed by atoms with Crippen LogP contribution in [-0.4, -0.2) is 45.6 Å². The van der Waals surface area contributed by atoms with Gasteiger partial charge in [-0.3, -0.25) is 9.48 Å². The minimum atomic E-state index is -0.328. The predicted octanol–water partition coefficient (Wildman–Crippen LogP) is 1.17. The third-order valence-corrected chi connectivity index (χ3v) is 3.85. The molecule has 23 heavy (non-hydrogen) atoms. The molecular weight excluding hydrogens is 298 g/mol. The highest BCUT2D eigenvalue weighted by atomic mass is 16.5. The maximum Gasteiger partial charge on any atom is 0.316 e. The quantitative estimate of drug-likeness (QED) is 0.889. The van der Waals surface area contributed by atoms with Crippen molar-refractivity contribution in [2.45, 2.75) is 32.7 Å². The summed E-state index contributed by atoms with van der Waals surface area (Å²) in [6.45, 7) is 4.51. The molecule has 1 atom stereocenters. The lowest BCUT2D eigenvalue weighted by atomic mass is 10.0. The van der Waals surface area contributed by atoms with Crippen molar-refractivity contribution in [2.75, 3.05) is 19.8 Å². The van der Waals surface area contributed by atoms with E-state index in [2.05, 4.69) is 20.6 Å². The fourth-order valence-corrected chi connectivity index (χ4v) is 2.60. The molecule has 2 aromatic rings. The van der Waals surface area contributed by atoms with E-state index in [0.29, 0.717) is 24.8 Å². The molecule has 0 radical (unpaired) electrons. The number of nitrogens with one attached hydrogen (secondary N) is 1. The number of hydrogen-bond acceptors (Lipinski definition) is 6. The molecule has 1 N–H and O–H groups in total. The first-order chi connectivity index (χ1) is 11.2. The Labute approximate surface area is 134 Å². The van der Waals surface area contributed by atoms with Gasteiger partial charge in [0.2, 0.25) is 0 Å². The monoisotopic (exact) mass is 319 g/mol. The third kappa shape index (κ3) is 4.38. The van der Waals surface area contributed by atoms with Crippen LogP contribution in [0.3, 0.4) is 0 Å². The number of aromatic nitrogens is 4. The first-order valence-corrected chi connectivity index (χ1v) is 7.88. The molecule has 8 nitrogen and oxygen atoms in total. The molecule has 1 saturated heterocycles. The van der Waals surface area contributed by atoms with Crippen LogP contribution in [0, 0.1) is 12.8 Å². The Balaban J connectivity index is 1.51. The molecule has 0 spiro atoms. The highest BCUT2D eigenvalue weighted by Crippen LogP contribution is 2.14. The molecule has 0 aromatic carbocycles. The van der Waals surface area contributed by atoms with Crippen molar-refractivity contribution in [2.24, 2.45) is 5.92 Å². The molecule has 1 aliphatic rings. The zero-order valence-corrected chi connectivity index (χ0v) is 13.2. The summed E-state index contributed by atoms with van der Waals surface area (Å²) in [7, 11) is 0. The average molecular weight is 319 g/mol. The summed E-state index contributed by atoms with van der Waals surface area (Å²) in [5.74, 6) is 0.538. The van der Waals surface area contributed by atoms with Gasteiger partial charge in [-0.25, -0.2) is 0 Å². The first kappa shape index (κ1) is 15.7. The van der Waals surface area contributed by atoms with E-state index in [1.165, 1.54) is 0 Å². The molecule has 1 unspecified atom stereocenters. The molecule has 8 heteroatoms. The Kier molecular flexibility index (Phi) is 5.02. The van der Waals surface area contributed by atoms with Gasteiger partial charge in [0, 0.05) is 26.0 Å². The second kappa shape index (κ2) is 7.36. The molecule has 1 fully saturated rings. The summed E-state index contributed by atoms with van der Waals surface area (Å²) < 4.78 is 12.1. The van der Waals surface area contributed by atoms with Crippen molar-refractivity contribution in [3.63, 3.8) is 0 Å². The number of carbonyl (C=O) groups excluding carboxylic acids is 1. The molecule has 2 aromatic heterocycles. The van der Waals surface area contributed by atoms with Crippen LogP contribution in [0.2, 0.25) is 0 Å². The van der Waals surface area contributed by atoms with Crippen molar-refractivity contribution in [3.05, 3.63) is 29.7 Å². The van der Waals surface area contributed by atoms with E-state index < -0.39 is 0 Å². The standard InChI is InChI=1S/C15H21N5O3/c1-11-7-17-20(9-11)10-13-18-15(23-19-13)14(21)16-8-12-3-2-5-22-6-4-12/h7,9,12H,2-6,8,10H2,1H3,(H,16,21). The molecular formula is C15H21N5O3. The third-order valence-electron chi connectivity index (χ3n) is 3.85. The molecule has 1 amide bonds. The Hall–Kier alpha value is -2.22. The largest absolute Gasteiger partial charge is 0.381 e. The Morgan fingerprint density at radius 1 is 1.43 bits per heavy atom. The van der Waals surface area contributed by atoms with E-state index in [9.17, 15) is 4.79 Å². The summed E-state index contributed by atoms with van der Waals surface area (Å²) in [5, 5.41) is 10.8. The van der Waals surface area contributed by atoms with E-state index in [1.807, 2.05) is 13.1 Å². The SMILES string of the molecule is Cc1cnn(Cc2noc(C(=O)NCC3CCCOCC3)n2)c1. The molecule has 3 heterocycles. The number of hydrogen-bond donors (Lipinski definition) is 1. The van der Waals surface area contributed by atoms with Crippen LogP contribution in [-0.2, 0) is 11.3 Å². The van der Waals surface area contributed by atoms with Crippen molar-refractivity contribution in [3.8, 4) is 0 Å². The number of amides is 1. The Bertz CT molecular complexity index is 643. The number of ether oxygens (including phenoxy) is 1.